The molecule has 122 valence electrons. The van der Waals surface area contributed by atoms with E-state index in [-0.39, 0.29) is 24.6 Å². The van der Waals surface area contributed by atoms with E-state index in [1.807, 2.05) is 0 Å². The van der Waals surface area contributed by atoms with E-state index < -0.39 is 5.97 Å². The molecule has 0 fully saturated rings. The maximum absolute atomic E-state index is 11.4. The number of ether oxygens (including phenoxy) is 2. The number of aromatic hydroxyl groups is 1. The summed E-state index contributed by atoms with van der Waals surface area (Å²) in [5.74, 6) is -0.558. The Labute approximate surface area is 129 Å². The van der Waals surface area contributed by atoms with Gasteiger partial charge in [0, 0.05) is 18.4 Å². The molecule has 6 nitrogen and oxygen atoms in total. The highest BCUT2D eigenvalue weighted by molar-refractivity contribution is 5.70. The van der Waals surface area contributed by atoms with Crippen LogP contribution in [-0.2, 0) is 20.7 Å². The number of phenolic OH excluding ortho intramolecular Hbond substituents is 1. The van der Waals surface area contributed by atoms with Gasteiger partial charge in [0.05, 0.1) is 13.2 Å². The molecule has 0 saturated carbocycles. The first-order valence-corrected chi connectivity index (χ1v) is 7.35. The number of aliphatic carboxylic acids is 1. The van der Waals surface area contributed by atoms with E-state index in [1.165, 1.54) is 6.07 Å². The van der Waals surface area contributed by atoms with Crippen molar-refractivity contribution in [2.75, 3.05) is 13.2 Å². The van der Waals surface area contributed by atoms with Crippen molar-refractivity contribution in [3.63, 3.8) is 0 Å². The number of esters is 1. The third kappa shape index (κ3) is 6.47. The predicted molar refractivity (Wildman–Crippen MR) is 80.0 cm³/mol. The third-order valence-electron chi connectivity index (χ3n) is 3.04. The molecule has 0 atom stereocenters. The van der Waals surface area contributed by atoms with E-state index in [4.69, 9.17) is 14.6 Å². The van der Waals surface area contributed by atoms with E-state index in [9.17, 15) is 14.7 Å². The lowest BCUT2D eigenvalue weighted by Gasteiger charge is -2.12. The van der Waals surface area contributed by atoms with Crippen LogP contribution < -0.4 is 4.74 Å². The van der Waals surface area contributed by atoms with Gasteiger partial charge in [-0.05, 0) is 38.3 Å². The van der Waals surface area contributed by atoms with Crippen LogP contribution in [0, 0.1) is 0 Å². The molecule has 0 radical (unpaired) electrons. The summed E-state index contributed by atoms with van der Waals surface area (Å²) in [5, 5.41) is 18.5. The molecule has 0 aliphatic carbocycles. The molecule has 2 N–H and O–H groups in total. The van der Waals surface area contributed by atoms with Gasteiger partial charge in [0.15, 0.2) is 0 Å². The summed E-state index contributed by atoms with van der Waals surface area (Å²) < 4.78 is 10.4. The number of hydrogen-bond donors (Lipinski definition) is 2. The molecule has 0 amide bonds. The SMILES string of the molecule is CCOC(=O)CCc1c(O)cccc1OCCCCC(=O)O. The van der Waals surface area contributed by atoms with Crippen LogP contribution in [0.3, 0.4) is 0 Å². The first-order chi connectivity index (χ1) is 10.5. The number of carboxylic acid groups (broad SMARTS) is 1. The Balaban J connectivity index is 2.53. The predicted octanol–water partition coefficient (Wildman–Crippen LogP) is 2.52. The standard InChI is InChI=1S/C16H22O6/c1-2-21-16(20)10-9-12-13(17)6-5-7-14(12)22-11-4-3-8-15(18)19/h5-7,17H,2-4,8-11H2,1H3,(H,18,19). The van der Waals surface area contributed by atoms with Gasteiger partial charge in [-0.1, -0.05) is 6.07 Å². The number of phenols is 1. The molecule has 6 heteroatoms. The molecule has 1 aromatic rings. The van der Waals surface area contributed by atoms with E-state index in [2.05, 4.69) is 0 Å². The van der Waals surface area contributed by atoms with Crippen molar-refractivity contribution in [2.45, 2.75) is 39.0 Å². The highest BCUT2D eigenvalue weighted by Gasteiger charge is 2.12. The fourth-order valence-electron chi connectivity index (χ4n) is 1.96. The largest absolute Gasteiger partial charge is 0.508 e. The quantitative estimate of drug-likeness (QED) is 0.509. The molecule has 1 aromatic carbocycles. The summed E-state index contributed by atoms with van der Waals surface area (Å²) in [6.45, 7) is 2.43. The minimum absolute atomic E-state index is 0.0762. The Hall–Kier alpha value is -2.24. The topological polar surface area (TPSA) is 93.1 Å². The Morgan fingerprint density at radius 1 is 1.18 bits per heavy atom. The average Bonchev–Trinajstić information content (AvgIpc) is 2.46. The number of unbranched alkanes of at least 4 members (excludes halogenated alkanes) is 1. The fourth-order valence-corrected chi connectivity index (χ4v) is 1.96. The number of carbonyl (C=O) groups excluding carboxylic acids is 1. The molecule has 0 saturated heterocycles. The van der Waals surface area contributed by atoms with Crippen molar-refractivity contribution in [2.24, 2.45) is 0 Å². The van der Waals surface area contributed by atoms with Crippen LogP contribution in [0.5, 0.6) is 11.5 Å². The van der Waals surface area contributed by atoms with Crippen molar-refractivity contribution < 1.29 is 29.3 Å². The first kappa shape index (κ1) is 17.8. The van der Waals surface area contributed by atoms with Crippen LogP contribution in [0.1, 0.15) is 38.2 Å². The van der Waals surface area contributed by atoms with Crippen LogP contribution in [0.25, 0.3) is 0 Å². The van der Waals surface area contributed by atoms with Crippen molar-refractivity contribution >= 4 is 11.9 Å². The summed E-state index contributed by atoms with van der Waals surface area (Å²) in [7, 11) is 0. The van der Waals surface area contributed by atoms with Gasteiger partial charge in [-0.15, -0.1) is 0 Å². The number of carbonyl (C=O) groups is 2. The Bertz CT molecular complexity index is 497. The molecule has 0 aliphatic rings. The lowest BCUT2D eigenvalue weighted by atomic mass is 10.1. The Kier molecular flexibility index (Phi) is 7.81. The second-order valence-corrected chi connectivity index (χ2v) is 4.76. The molecular formula is C16H22O6. The van der Waals surface area contributed by atoms with Gasteiger partial charge in [-0.2, -0.15) is 0 Å². The summed E-state index contributed by atoms with van der Waals surface area (Å²) >= 11 is 0. The number of benzene rings is 1. The zero-order valence-corrected chi connectivity index (χ0v) is 12.7. The van der Waals surface area contributed by atoms with E-state index >= 15 is 0 Å². The zero-order valence-electron chi connectivity index (χ0n) is 12.7. The van der Waals surface area contributed by atoms with Gasteiger partial charge >= 0.3 is 11.9 Å². The lowest BCUT2D eigenvalue weighted by molar-refractivity contribution is -0.143. The monoisotopic (exact) mass is 310 g/mol. The Morgan fingerprint density at radius 3 is 2.64 bits per heavy atom. The molecule has 1 rings (SSSR count). The van der Waals surface area contributed by atoms with Crippen molar-refractivity contribution in [3.05, 3.63) is 23.8 Å². The minimum Gasteiger partial charge on any atom is -0.508 e. The van der Waals surface area contributed by atoms with Crippen molar-refractivity contribution in [1.82, 2.24) is 0 Å². The van der Waals surface area contributed by atoms with Gasteiger partial charge < -0.3 is 19.7 Å². The average molecular weight is 310 g/mol. The van der Waals surface area contributed by atoms with Crippen molar-refractivity contribution in [1.29, 1.82) is 0 Å². The molecule has 22 heavy (non-hydrogen) atoms. The summed E-state index contributed by atoms with van der Waals surface area (Å²) in [5.41, 5.74) is 0.564. The number of rotatable bonds is 10. The van der Waals surface area contributed by atoms with Gasteiger partial charge in [0.1, 0.15) is 11.5 Å². The highest BCUT2D eigenvalue weighted by atomic mass is 16.5. The fraction of sp³-hybridized carbons (Fsp3) is 0.500. The van der Waals surface area contributed by atoms with Gasteiger partial charge in [0.2, 0.25) is 0 Å². The van der Waals surface area contributed by atoms with Crippen LogP contribution in [0.2, 0.25) is 0 Å². The number of hydrogen-bond acceptors (Lipinski definition) is 5. The smallest absolute Gasteiger partial charge is 0.306 e. The third-order valence-corrected chi connectivity index (χ3v) is 3.04. The second kappa shape index (κ2) is 9.65. The summed E-state index contributed by atoms with van der Waals surface area (Å²) in [6.07, 6.45) is 1.75. The molecule has 0 unspecified atom stereocenters. The molecule has 0 spiro atoms. The number of carboxylic acids is 1. The molecular weight excluding hydrogens is 288 g/mol. The van der Waals surface area contributed by atoms with E-state index in [0.29, 0.717) is 43.8 Å². The molecule has 0 aromatic heterocycles. The van der Waals surface area contributed by atoms with Crippen LogP contribution in [0.15, 0.2) is 18.2 Å². The van der Waals surface area contributed by atoms with Crippen LogP contribution in [-0.4, -0.2) is 35.4 Å². The van der Waals surface area contributed by atoms with E-state index in [0.717, 1.165) is 0 Å². The summed E-state index contributed by atoms with van der Waals surface area (Å²) in [4.78, 5) is 21.8. The van der Waals surface area contributed by atoms with Gasteiger partial charge in [-0.3, -0.25) is 9.59 Å². The summed E-state index contributed by atoms with van der Waals surface area (Å²) in [6, 6.07) is 4.92. The minimum atomic E-state index is -0.826. The maximum Gasteiger partial charge on any atom is 0.306 e. The first-order valence-electron chi connectivity index (χ1n) is 7.35. The Morgan fingerprint density at radius 2 is 1.95 bits per heavy atom. The second-order valence-electron chi connectivity index (χ2n) is 4.76. The molecule has 0 bridgehead atoms. The van der Waals surface area contributed by atoms with Gasteiger partial charge in [-0.25, -0.2) is 0 Å². The lowest BCUT2D eigenvalue weighted by Crippen LogP contribution is -2.07. The maximum atomic E-state index is 11.4. The van der Waals surface area contributed by atoms with Crippen molar-refractivity contribution in [3.8, 4) is 11.5 Å². The molecule has 0 heterocycles. The molecule has 0 aliphatic heterocycles. The van der Waals surface area contributed by atoms with Crippen LogP contribution >= 0.6 is 0 Å². The van der Waals surface area contributed by atoms with E-state index in [1.54, 1.807) is 19.1 Å². The van der Waals surface area contributed by atoms with Gasteiger partial charge in [0.25, 0.3) is 0 Å². The highest BCUT2D eigenvalue weighted by Crippen LogP contribution is 2.29. The normalized spacial score (nSPS) is 10.2. The van der Waals surface area contributed by atoms with Crippen LogP contribution in [0.4, 0.5) is 0 Å². The zero-order chi connectivity index (χ0) is 16.4.